The standard InChI is InChI=1S/C22H20N4O/c23-12-22(11-19(27)16-6-1-2-7-18(16)22)15-5-3-4-14(10-15)20-17-8-9-24-21(17)26-13-25-20/h1-10,13,19,27H,11-12,23H2,(H,24,25,26)/t19-,22-/m0/s1. The number of hydrogen-bond acceptors (Lipinski definition) is 4. The van der Waals surface area contributed by atoms with Crippen molar-refractivity contribution < 1.29 is 5.11 Å². The third-order valence-corrected chi connectivity index (χ3v) is 5.77. The van der Waals surface area contributed by atoms with Crippen LogP contribution in [0.3, 0.4) is 0 Å². The van der Waals surface area contributed by atoms with Crippen LogP contribution in [0.1, 0.15) is 29.2 Å². The lowest BCUT2D eigenvalue weighted by Gasteiger charge is -2.30. The van der Waals surface area contributed by atoms with Crippen molar-refractivity contribution in [2.75, 3.05) is 6.54 Å². The van der Waals surface area contributed by atoms with Crippen LogP contribution in [0.2, 0.25) is 0 Å². The van der Waals surface area contributed by atoms with Gasteiger partial charge < -0.3 is 15.8 Å². The van der Waals surface area contributed by atoms with Crippen molar-refractivity contribution in [1.82, 2.24) is 15.0 Å². The van der Waals surface area contributed by atoms with Gasteiger partial charge in [-0.15, -0.1) is 0 Å². The largest absolute Gasteiger partial charge is 0.388 e. The van der Waals surface area contributed by atoms with Crippen LogP contribution in [0.4, 0.5) is 0 Å². The average Bonchev–Trinajstić information content (AvgIpc) is 3.31. The second-order valence-electron chi connectivity index (χ2n) is 7.14. The minimum absolute atomic E-state index is 0.393. The Bertz CT molecular complexity index is 1140. The van der Waals surface area contributed by atoms with Crippen molar-refractivity contribution in [3.05, 3.63) is 83.8 Å². The fourth-order valence-electron chi connectivity index (χ4n) is 4.42. The van der Waals surface area contributed by atoms with Crippen LogP contribution in [0, 0.1) is 0 Å². The first-order chi connectivity index (χ1) is 13.2. The highest BCUT2D eigenvalue weighted by Gasteiger charge is 2.43. The van der Waals surface area contributed by atoms with Crippen LogP contribution in [0.15, 0.2) is 67.1 Å². The topological polar surface area (TPSA) is 87.8 Å². The summed E-state index contributed by atoms with van der Waals surface area (Å²) in [6, 6.07) is 18.4. The van der Waals surface area contributed by atoms with E-state index in [1.54, 1.807) is 6.33 Å². The number of nitrogens with two attached hydrogens (primary N) is 1. The summed E-state index contributed by atoms with van der Waals surface area (Å²) in [6.45, 7) is 0.438. The lowest BCUT2D eigenvalue weighted by atomic mass is 9.75. The second-order valence-corrected chi connectivity index (χ2v) is 7.14. The molecular weight excluding hydrogens is 336 g/mol. The van der Waals surface area contributed by atoms with Crippen LogP contribution in [0.5, 0.6) is 0 Å². The molecule has 0 unspecified atom stereocenters. The maximum atomic E-state index is 10.6. The van der Waals surface area contributed by atoms with Gasteiger partial charge in [-0.2, -0.15) is 0 Å². The van der Waals surface area contributed by atoms with Gasteiger partial charge in [-0.05, 0) is 35.2 Å². The molecule has 2 aromatic heterocycles. The summed E-state index contributed by atoms with van der Waals surface area (Å²) in [5.41, 5.74) is 11.8. The van der Waals surface area contributed by atoms with Gasteiger partial charge in [0.15, 0.2) is 0 Å². The molecule has 0 spiro atoms. The minimum Gasteiger partial charge on any atom is -0.388 e. The Morgan fingerprint density at radius 2 is 2.00 bits per heavy atom. The maximum Gasteiger partial charge on any atom is 0.141 e. The predicted molar refractivity (Wildman–Crippen MR) is 105 cm³/mol. The van der Waals surface area contributed by atoms with Gasteiger partial charge >= 0.3 is 0 Å². The highest BCUT2D eigenvalue weighted by Crippen LogP contribution is 2.48. The first-order valence-electron chi connectivity index (χ1n) is 9.09. The molecule has 0 fully saturated rings. The zero-order chi connectivity index (χ0) is 18.4. The van der Waals surface area contributed by atoms with Crippen LogP contribution >= 0.6 is 0 Å². The van der Waals surface area contributed by atoms with E-state index in [9.17, 15) is 5.11 Å². The monoisotopic (exact) mass is 356 g/mol. The molecule has 2 aromatic carbocycles. The zero-order valence-electron chi connectivity index (χ0n) is 14.8. The Morgan fingerprint density at radius 3 is 2.89 bits per heavy atom. The molecule has 134 valence electrons. The molecule has 5 nitrogen and oxygen atoms in total. The SMILES string of the molecule is NC[C@]1(c2cccc(-c3ncnc4[nH]ccc34)c2)C[C@H](O)c2ccccc21. The molecule has 5 heteroatoms. The van der Waals surface area contributed by atoms with Gasteiger partial charge in [0.1, 0.15) is 12.0 Å². The van der Waals surface area contributed by atoms with Crippen LogP contribution in [-0.2, 0) is 5.41 Å². The van der Waals surface area contributed by atoms with Gasteiger partial charge in [-0.3, -0.25) is 0 Å². The lowest BCUT2D eigenvalue weighted by molar-refractivity contribution is 0.163. The molecule has 1 aliphatic rings. The number of rotatable bonds is 3. The Morgan fingerprint density at radius 1 is 1.11 bits per heavy atom. The number of aromatic amines is 1. The van der Waals surface area contributed by atoms with E-state index in [1.165, 1.54) is 0 Å². The van der Waals surface area contributed by atoms with Gasteiger partial charge in [-0.1, -0.05) is 42.5 Å². The van der Waals surface area contributed by atoms with E-state index >= 15 is 0 Å². The number of benzene rings is 2. The maximum absolute atomic E-state index is 10.6. The van der Waals surface area contributed by atoms with Crippen molar-refractivity contribution >= 4 is 11.0 Å². The molecule has 0 bridgehead atoms. The normalized spacial score (nSPS) is 21.5. The average molecular weight is 356 g/mol. The molecular formula is C22H20N4O. The number of H-pyrrole nitrogens is 1. The molecule has 0 aliphatic heterocycles. The van der Waals surface area contributed by atoms with E-state index < -0.39 is 11.5 Å². The molecule has 1 aliphatic carbocycles. The number of hydrogen-bond donors (Lipinski definition) is 3. The van der Waals surface area contributed by atoms with Gasteiger partial charge in [0, 0.05) is 29.1 Å². The van der Waals surface area contributed by atoms with Crippen LogP contribution in [-0.4, -0.2) is 26.6 Å². The van der Waals surface area contributed by atoms with E-state index in [0.717, 1.165) is 39.0 Å². The minimum atomic E-state index is -0.496. The van der Waals surface area contributed by atoms with Gasteiger partial charge in [0.05, 0.1) is 11.8 Å². The van der Waals surface area contributed by atoms with Crippen molar-refractivity contribution in [2.24, 2.45) is 5.73 Å². The highest BCUT2D eigenvalue weighted by molar-refractivity contribution is 5.90. The fraction of sp³-hybridized carbons (Fsp3) is 0.182. The van der Waals surface area contributed by atoms with Crippen molar-refractivity contribution in [3.8, 4) is 11.3 Å². The number of aliphatic hydroxyl groups excluding tert-OH is 1. The predicted octanol–water partition coefficient (Wildman–Crippen LogP) is 3.31. The van der Waals surface area contributed by atoms with Crippen molar-refractivity contribution in [1.29, 1.82) is 0 Å². The Hall–Kier alpha value is -3.02. The molecule has 2 heterocycles. The van der Waals surface area contributed by atoms with Gasteiger partial charge in [0.25, 0.3) is 0 Å². The lowest BCUT2D eigenvalue weighted by Crippen LogP contribution is -2.34. The molecule has 5 rings (SSSR count). The number of aromatic nitrogens is 3. The fourth-order valence-corrected chi connectivity index (χ4v) is 4.42. The Labute approximate surface area is 156 Å². The van der Waals surface area contributed by atoms with E-state index in [2.05, 4.69) is 39.2 Å². The van der Waals surface area contributed by atoms with E-state index in [4.69, 9.17) is 5.73 Å². The molecule has 4 N–H and O–H groups in total. The summed E-state index contributed by atoms with van der Waals surface area (Å²) in [4.78, 5) is 11.9. The van der Waals surface area contributed by atoms with Crippen LogP contribution in [0.25, 0.3) is 22.3 Å². The highest BCUT2D eigenvalue weighted by atomic mass is 16.3. The summed E-state index contributed by atoms with van der Waals surface area (Å²) < 4.78 is 0. The van der Waals surface area contributed by atoms with Gasteiger partial charge in [-0.25, -0.2) is 9.97 Å². The van der Waals surface area contributed by atoms with E-state index in [1.807, 2.05) is 36.5 Å². The molecule has 0 saturated carbocycles. The Balaban J connectivity index is 1.69. The molecule has 27 heavy (non-hydrogen) atoms. The zero-order valence-corrected chi connectivity index (χ0v) is 14.8. The third kappa shape index (κ3) is 2.32. The van der Waals surface area contributed by atoms with Crippen molar-refractivity contribution in [2.45, 2.75) is 17.9 Å². The number of fused-ring (bicyclic) bond motifs is 2. The first-order valence-corrected chi connectivity index (χ1v) is 9.09. The summed E-state index contributed by atoms with van der Waals surface area (Å²) in [6.07, 6.45) is 3.55. The Kier molecular flexibility index (Phi) is 3.60. The number of aliphatic hydroxyl groups is 1. The quantitative estimate of drug-likeness (QED) is 0.525. The van der Waals surface area contributed by atoms with Crippen LogP contribution < -0.4 is 5.73 Å². The molecule has 2 atom stereocenters. The molecule has 0 saturated heterocycles. The third-order valence-electron chi connectivity index (χ3n) is 5.77. The summed E-state index contributed by atoms with van der Waals surface area (Å²) >= 11 is 0. The molecule has 4 aromatic rings. The van der Waals surface area contributed by atoms with Crippen molar-refractivity contribution in [3.63, 3.8) is 0 Å². The summed E-state index contributed by atoms with van der Waals surface area (Å²) in [7, 11) is 0. The van der Waals surface area contributed by atoms with Gasteiger partial charge in [0.2, 0.25) is 0 Å². The molecule has 0 radical (unpaired) electrons. The summed E-state index contributed by atoms with van der Waals surface area (Å²) in [5.74, 6) is 0. The smallest absolute Gasteiger partial charge is 0.141 e. The number of nitrogens with zero attached hydrogens (tertiary/aromatic N) is 2. The van der Waals surface area contributed by atoms with E-state index in [0.29, 0.717) is 13.0 Å². The molecule has 0 amide bonds. The number of nitrogens with one attached hydrogen (secondary N) is 1. The summed E-state index contributed by atoms with van der Waals surface area (Å²) in [5, 5.41) is 11.6. The van der Waals surface area contributed by atoms with E-state index in [-0.39, 0.29) is 0 Å². The second kappa shape index (κ2) is 6.01. The first kappa shape index (κ1) is 16.2.